The van der Waals surface area contributed by atoms with E-state index in [1.165, 1.54) is 6.39 Å². The number of oxazole rings is 1. The van der Waals surface area contributed by atoms with Gasteiger partial charge in [0.05, 0.1) is 31.5 Å². The van der Waals surface area contributed by atoms with Crippen molar-refractivity contribution in [1.82, 2.24) is 19.9 Å². The number of methoxy groups -OCH3 is 1. The number of hydrogen-bond donors (Lipinski definition) is 3. The molecule has 5 rings (SSSR count). The number of aliphatic hydroxyl groups is 1. The van der Waals surface area contributed by atoms with E-state index < -0.39 is 0 Å². The van der Waals surface area contributed by atoms with Crippen molar-refractivity contribution in [2.75, 3.05) is 24.4 Å². The Bertz CT molecular complexity index is 1430. The SMILES string of the molecule is COc1cc(Nc2nc(NC(CO)Cc3ccccc3)nc(-c3ccccc3)n2)ccc1-c1cnco1. The molecule has 1 atom stereocenters. The summed E-state index contributed by atoms with van der Waals surface area (Å²) in [6.07, 6.45) is 3.63. The number of nitrogens with zero attached hydrogens (tertiary/aromatic N) is 4. The molecule has 0 aliphatic rings. The van der Waals surface area contributed by atoms with Crippen LogP contribution in [-0.2, 0) is 6.42 Å². The molecule has 186 valence electrons. The molecule has 9 nitrogen and oxygen atoms in total. The van der Waals surface area contributed by atoms with Gasteiger partial charge < -0.3 is 24.9 Å². The zero-order chi connectivity index (χ0) is 25.5. The molecule has 0 bridgehead atoms. The maximum Gasteiger partial charge on any atom is 0.232 e. The van der Waals surface area contributed by atoms with E-state index in [4.69, 9.17) is 9.15 Å². The normalized spacial score (nSPS) is 11.6. The van der Waals surface area contributed by atoms with Gasteiger partial charge in [0.2, 0.25) is 11.9 Å². The molecule has 5 aromatic rings. The van der Waals surface area contributed by atoms with Crippen molar-refractivity contribution in [2.24, 2.45) is 0 Å². The molecule has 0 saturated heterocycles. The monoisotopic (exact) mass is 494 g/mol. The van der Waals surface area contributed by atoms with E-state index in [0.29, 0.717) is 35.7 Å². The number of hydrogen-bond acceptors (Lipinski definition) is 9. The fourth-order valence-electron chi connectivity index (χ4n) is 3.91. The van der Waals surface area contributed by atoms with Gasteiger partial charge in [-0.25, -0.2) is 4.98 Å². The second-order valence-electron chi connectivity index (χ2n) is 8.29. The van der Waals surface area contributed by atoms with Gasteiger partial charge in [-0.15, -0.1) is 0 Å². The van der Waals surface area contributed by atoms with Crippen molar-refractivity contribution < 1.29 is 14.3 Å². The number of ether oxygens (including phenoxy) is 1. The highest BCUT2D eigenvalue weighted by Gasteiger charge is 2.15. The van der Waals surface area contributed by atoms with E-state index in [2.05, 4.69) is 30.6 Å². The summed E-state index contributed by atoms with van der Waals surface area (Å²) in [6, 6.07) is 25.0. The van der Waals surface area contributed by atoms with E-state index in [1.54, 1.807) is 13.3 Å². The smallest absolute Gasteiger partial charge is 0.232 e. The maximum atomic E-state index is 10.0. The molecule has 0 saturated carbocycles. The summed E-state index contributed by atoms with van der Waals surface area (Å²) in [6.45, 7) is -0.0791. The standard InChI is InChI=1S/C28H26N6O3/c1-36-24-15-21(12-13-23(24)25-16-29-18-37-25)30-27-32-26(20-10-6-3-7-11-20)33-28(34-27)31-22(17-35)14-19-8-4-2-5-9-19/h2-13,15-16,18,22,35H,14,17H2,1H3,(H2,30,31,32,33,34). The van der Waals surface area contributed by atoms with E-state index in [0.717, 1.165) is 22.4 Å². The van der Waals surface area contributed by atoms with Crippen molar-refractivity contribution in [2.45, 2.75) is 12.5 Å². The molecule has 37 heavy (non-hydrogen) atoms. The van der Waals surface area contributed by atoms with Crippen LogP contribution in [0.4, 0.5) is 17.6 Å². The summed E-state index contributed by atoms with van der Waals surface area (Å²) in [5.74, 6) is 2.43. The second kappa shape index (κ2) is 11.3. The van der Waals surface area contributed by atoms with Gasteiger partial charge in [-0.3, -0.25) is 0 Å². The summed E-state index contributed by atoms with van der Waals surface area (Å²) in [5, 5.41) is 16.5. The molecule has 3 aromatic carbocycles. The molecule has 0 fully saturated rings. The molecule has 2 aromatic heterocycles. The number of anilines is 3. The van der Waals surface area contributed by atoms with Crippen LogP contribution < -0.4 is 15.4 Å². The van der Waals surface area contributed by atoms with E-state index in [-0.39, 0.29) is 12.6 Å². The lowest BCUT2D eigenvalue weighted by atomic mass is 10.1. The van der Waals surface area contributed by atoms with Crippen LogP contribution in [0.15, 0.2) is 95.9 Å². The third-order valence-electron chi connectivity index (χ3n) is 5.70. The Balaban J connectivity index is 1.45. The fourth-order valence-corrected chi connectivity index (χ4v) is 3.91. The largest absolute Gasteiger partial charge is 0.496 e. The Labute approximate surface area is 214 Å². The summed E-state index contributed by atoms with van der Waals surface area (Å²) in [4.78, 5) is 17.8. The zero-order valence-corrected chi connectivity index (χ0v) is 20.2. The van der Waals surface area contributed by atoms with E-state index in [1.807, 2.05) is 78.9 Å². The number of rotatable bonds is 10. The van der Waals surface area contributed by atoms with Crippen LogP contribution in [0, 0.1) is 0 Å². The Hall–Kier alpha value is -4.76. The average Bonchev–Trinajstić information content (AvgIpc) is 3.48. The maximum absolute atomic E-state index is 10.0. The minimum Gasteiger partial charge on any atom is -0.496 e. The van der Waals surface area contributed by atoms with Crippen LogP contribution in [0.25, 0.3) is 22.7 Å². The molecule has 0 aliphatic heterocycles. The Morgan fingerprint density at radius 3 is 2.38 bits per heavy atom. The highest BCUT2D eigenvalue weighted by molar-refractivity contribution is 5.71. The van der Waals surface area contributed by atoms with Gasteiger partial charge in [-0.2, -0.15) is 15.0 Å². The highest BCUT2D eigenvalue weighted by Crippen LogP contribution is 2.33. The van der Waals surface area contributed by atoms with Crippen LogP contribution in [0.1, 0.15) is 5.56 Å². The van der Waals surface area contributed by atoms with Gasteiger partial charge in [-0.05, 0) is 24.1 Å². The predicted octanol–water partition coefficient (Wildman–Crippen LogP) is 4.96. The number of nitrogens with one attached hydrogen (secondary N) is 2. The first-order chi connectivity index (χ1) is 18.2. The first kappa shape index (κ1) is 24.0. The van der Waals surface area contributed by atoms with Crippen LogP contribution in [0.2, 0.25) is 0 Å². The zero-order valence-electron chi connectivity index (χ0n) is 20.2. The third-order valence-corrected chi connectivity index (χ3v) is 5.70. The quantitative estimate of drug-likeness (QED) is 0.247. The summed E-state index contributed by atoms with van der Waals surface area (Å²) >= 11 is 0. The molecule has 0 spiro atoms. The van der Waals surface area contributed by atoms with Crippen molar-refractivity contribution in [3.63, 3.8) is 0 Å². The predicted molar refractivity (Wildman–Crippen MR) is 142 cm³/mol. The van der Waals surface area contributed by atoms with Crippen LogP contribution in [0.3, 0.4) is 0 Å². The first-order valence-corrected chi connectivity index (χ1v) is 11.8. The van der Waals surface area contributed by atoms with Crippen LogP contribution >= 0.6 is 0 Å². The summed E-state index contributed by atoms with van der Waals surface area (Å²) in [5.41, 5.74) is 3.45. The number of aliphatic hydroxyl groups excluding tert-OH is 1. The number of aromatic nitrogens is 4. The number of benzene rings is 3. The molecule has 0 aliphatic carbocycles. The van der Waals surface area contributed by atoms with Gasteiger partial charge in [0.15, 0.2) is 18.0 Å². The van der Waals surface area contributed by atoms with Gasteiger partial charge in [0.1, 0.15) is 5.75 Å². The van der Waals surface area contributed by atoms with Crippen LogP contribution in [-0.4, -0.2) is 44.8 Å². The van der Waals surface area contributed by atoms with E-state index in [9.17, 15) is 5.11 Å². The molecule has 0 amide bonds. The van der Waals surface area contributed by atoms with Gasteiger partial charge in [0.25, 0.3) is 0 Å². The van der Waals surface area contributed by atoms with E-state index >= 15 is 0 Å². The second-order valence-corrected chi connectivity index (χ2v) is 8.29. The first-order valence-electron chi connectivity index (χ1n) is 11.8. The van der Waals surface area contributed by atoms with Gasteiger partial charge in [0, 0.05) is 17.3 Å². The third kappa shape index (κ3) is 5.91. The summed E-state index contributed by atoms with van der Waals surface area (Å²) in [7, 11) is 1.60. The van der Waals surface area contributed by atoms with Gasteiger partial charge in [-0.1, -0.05) is 60.7 Å². The molecule has 3 N–H and O–H groups in total. The molecule has 2 heterocycles. The molecule has 0 radical (unpaired) electrons. The molecule has 1 unspecified atom stereocenters. The van der Waals surface area contributed by atoms with Crippen molar-refractivity contribution in [3.05, 3.63) is 97.0 Å². The topological polar surface area (TPSA) is 118 Å². The lowest BCUT2D eigenvalue weighted by molar-refractivity contribution is 0.273. The Morgan fingerprint density at radius 2 is 1.68 bits per heavy atom. The van der Waals surface area contributed by atoms with Crippen molar-refractivity contribution >= 4 is 17.6 Å². The van der Waals surface area contributed by atoms with Crippen molar-refractivity contribution in [1.29, 1.82) is 0 Å². The van der Waals surface area contributed by atoms with Crippen molar-refractivity contribution in [3.8, 4) is 28.5 Å². The minimum atomic E-state index is -0.275. The molecule has 9 heteroatoms. The highest BCUT2D eigenvalue weighted by atomic mass is 16.5. The van der Waals surface area contributed by atoms with Gasteiger partial charge >= 0.3 is 0 Å². The van der Waals surface area contributed by atoms with Crippen LogP contribution in [0.5, 0.6) is 5.75 Å². The summed E-state index contributed by atoms with van der Waals surface area (Å²) < 4.78 is 11.0. The lowest BCUT2D eigenvalue weighted by Crippen LogP contribution is -2.27. The Morgan fingerprint density at radius 1 is 0.919 bits per heavy atom. The average molecular weight is 495 g/mol. The minimum absolute atomic E-state index is 0.0791. The molecular formula is C28H26N6O3. The lowest BCUT2D eigenvalue weighted by Gasteiger charge is -2.18. The Kier molecular flexibility index (Phi) is 7.33. The molecular weight excluding hydrogens is 468 g/mol. The fraction of sp³-hybridized carbons (Fsp3) is 0.143.